The third-order valence-corrected chi connectivity index (χ3v) is 12.1. The first kappa shape index (κ1) is 28.4. The fourth-order valence-electron chi connectivity index (χ4n) is 8.53. The molecule has 4 heteroatoms. The topological polar surface area (TPSA) is 32.8 Å². The number of carbonyl (C=O) groups is 1. The molecule has 0 aromatic heterocycles. The smallest absolute Gasteiger partial charge is 0.307 e. The van der Waals surface area contributed by atoms with Crippen LogP contribution in [0.25, 0.3) is 0 Å². The molecular formula is C32H58N2O2. The van der Waals surface area contributed by atoms with Gasteiger partial charge in [-0.2, -0.15) is 0 Å². The number of hydrogen-bond donors (Lipinski definition) is 0. The highest BCUT2D eigenvalue weighted by Crippen LogP contribution is 2.65. The summed E-state index contributed by atoms with van der Waals surface area (Å²) in [6, 6.07) is 0. The van der Waals surface area contributed by atoms with Crippen molar-refractivity contribution in [3.8, 4) is 0 Å². The quantitative estimate of drug-likeness (QED) is 0.300. The molecule has 4 nitrogen and oxygen atoms in total. The SMILES string of the molecule is CCOC(=O)CCN1CCC2(CC1)CC(C(C)(C)CC1CN(CC)CCC13CC(C(C)(C)CC)C3)C2. The van der Waals surface area contributed by atoms with Gasteiger partial charge in [0.1, 0.15) is 0 Å². The largest absolute Gasteiger partial charge is 0.466 e. The molecule has 2 saturated heterocycles. The number of nitrogens with zero attached hydrogens (tertiary/aromatic N) is 2. The minimum absolute atomic E-state index is 0.0404. The lowest BCUT2D eigenvalue weighted by atomic mass is 9.44. The maximum Gasteiger partial charge on any atom is 0.307 e. The molecule has 4 rings (SSSR count). The maximum atomic E-state index is 11.7. The van der Waals surface area contributed by atoms with E-state index < -0.39 is 0 Å². The molecular weight excluding hydrogens is 444 g/mol. The molecule has 2 spiro atoms. The van der Waals surface area contributed by atoms with E-state index in [-0.39, 0.29) is 5.97 Å². The fourth-order valence-corrected chi connectivity index (χ4v) is 8.53. The predicted molar refractivity (Wildman–Crippen MR) is 150 cm³/mol. The van der Waals surface area contributed by atoms with E-state index in [4.69, 9.17) is 4.74 Å². The van der Waals surface area contributed by atoms with Crippen LogP contribution >= 0.6 is 0 Å². The van der Waals surface area contributed by atoms with Gasteiger partial charge in [0.25, 0.3) is 0 Å². The number of esters is 1. The third kappa shape index (κ3) is 5.85. The maximum absolute atomic E-state index is 11.7. The highest BCUT2D eigenvalue weighted by molar-refractivity contribution is 5.69. The molecule has 2 heterocycles. The summed E-state index contributed by atoms with van der Waals surface area (Å²) in [4.78, 5) is 17.0. The van der Waals surface area contributed by atoms with E-state index in [1.54, 1.807) is 0 Å². The Morgan fingerprint density at radius 2 is 1.47 bits per heavy atom. The monoisotopic (exact) mass is 502 g/mol. The standard InChI is InChI=1S/C32H58N2O2/c1-8-29(4,5)26-22-32(23-26)14-18-33(9-2)24-27(32)19-30(6,7)25-20-31(21-25)12-16-34(17-13-31)15-11-28(35)36-10-3/h25-27H,8-24H2,1-7H3. The van der Waals surface area contributed by atoms with Crippen LogP contribution in [0.15, 0.2) is 0 Å². The number of likely N-dealkylation sites (tertiary alicyclic amines) is 2. The van der Waals surface area contributed by atoms with E-state index in [1.165, 1.54) is 90.5 Å². The zero-order valence-electron chi connectivity index (χ0n) is 25.0. The summed E-state index contributed by atoms with van der Waals surface area (Å²) in [5.74, 6) is 2.66. The Hall–Kier alpha value is -0.610. The van der Waals surface area contributed by atoms with Gasteiger partial charge in [0.05, 0.1) is 13.0 Å². The fraction of sp³-hybridized carbons (Fsp3) is 0.969. The first-order valence-electron chi connectivity index (χ1n) is 15.6. The highest BCUT2D eigenvalue weighted by Gasteiger charge is 2.57. The summed E-state index contributed by atoms with van der Waals surface area (Å²) < 4.78 is 5.12. The molecule has 2 aliphatic heterocycles. The molecule has 4 aliphatic rings. The van der Waals surface area contributed by atoms with Crippen molar-refractivity contribution >= 4 is 5.97 Å². The van der Waals surface area contributed by atoms with Gasteiger partial charge in [0, 0.05) is 13.1 Å². The van der Waals surface area contributed by atoms with Crippen molar-refractivity contribution in [2.24, 2.45) is 39.4 Å². The van der Waals surface area contributed by atoms with Gasteiger partial charge in [-0.3, -0.25) is 4.79 Å². The number of ether oxygens (including phenoxy) is 1. The second kappa shape index (κ2) is 10.9. The average Bonchev–Trinajstić information content (AvgIpc) is 2.80. The molecule has 0 aromatic rings. The number of piperidine rings is 2. The molecule has 1 atom stereocenters. The summed E-state index contributed by atoms with van der Waals surface area (Å²) in [7, 11) is 0. The van der Waals surface area contributed by atoms with Crippen molar-refractivity contribution in [2.75, 3.05) is 45.9 Å². The Balaban J connectivity index is 1.29. The molecule has 208 valence electrons. The number of rotatable bonds is 10. The van der Waals surface area contributed by atoms with Crippen LogP contribution in [0.5, 0.6) is 0 Å². The first-order valence-corrected chi connectivity index (χ1v) is 15.6. The third-order valence-electron chi connectivity index (χ3n) is 12.1. The first-order chi connectivity index (χ1) is 17.0. The zero-order valence-corrected chi connectivity index (χ0v) is 25.0. The van der Waals surface area contributed by atoms with Gasteiger partial charge in [-0.15, -0.1) is 0 Å². The Morgan fingerprint density at radius 1 is 0.861 bits per heavy atom. The van der Waals surface area contributed by atoms with Crippen LogP contribution in [0.1, 0.15) is 113 Å². The summed E-state index contributed by atoms with van der Waals surface area (Å²) in [6.45, 7) is 24.5. The van der Waals surface area contributed by atoms with Crippen LogP contribution in [0.2, 0.25) is 0 Å². The molecule has 0 bridgehead atoms. The zero-order chi connectivity index (χ0) is 26.2. The molecule has 0 aromatic carbocycles. The van der Waals surface area contributed by atoms with Crippen molar-refractivity contribution < 1.29 is 9.53 Å². The van der Waals surface area contributed by atoms with Crippen LogP contribution in [-0.4, -0.2) is 61.6 Å². The Labute approximate surface area is 223 Å². The van der Waals surface area contributed by atoms with Gasteiger partial charge < -0.3 is 14.5 Å². The Bertz CT molecular complexity index is 737. The van der Waals surface area contributed by atoms with Gasteiger partial charge in [-0.25, -0.2) is 0 Å². The minimum atomic E-state index is -0.0404. The van der Waals surface area contributed by atoms with Crippen molar-refractivity contribution in [2.45, 2.75) is 113 Å². The highest BCUT2D eigenvalue weighted by atomic mass is 16.5. The molecule has 4 fully saturated rings. The lowest BCUT2D eigenvalue weighted by molar-refractivity contribution is -0.144. The van der Waals surface area contributed by atoms with Crippen molar-refractivity contribution in [3.05, 3.63) is 0 Å². The summed E-state index contributed by atoms with van der Waals surface area (Å²) in [5.41, 5.74) is 2.19. The molecule has 0 radical (unpaired) electrons. The predicted octanol–water partition coefficient (Wildman–Crippen LogP) is 7.02. The Morgan fingerprint density at radius 3 is 2.06 bits per heavy atom. The van der Waals surface area contributed by atoms with Crippen LogP contribution in [0, 0.1) is 39.4 Å². The van der Waals surface area contributed by atoms with E-state index in [2.05, 4.69) is 51.3 Å². The molecule has 36 heavy (non-hydrogen) atoms. The van der Waals surface area contributed by atoms with Gasteiger partial charge in [0.2, 0.25) is 0 Å². The number of hydrogen-bond acceptors (Lipinski definition) is 4. The van der Waals surface area contributed by atoms with E-state index in [1.807, 2.05) is 6.92 Å². The van der Waals surface area contributed by atoms with Gasteiger partial charge in [-0.1, -0.05) is 48.0 Å². The van der Waals surface area contributed by atoms with E-state index in [0.717, 1.165) is 24.3 Å². The van der Waals surface area contributed by atoms with Crippen LogP contribution < -0.4 is 0 Å². The van der Waals surface area contributed by atoms with Gasteiger partial charge in [0.15, 0.2) is 0 Å². The van der Waals surface area contributed by atoms with Gasteiger partial charge >= 0.3 is 5.97 Å². The normalized spacial score (nSPS) is 27.7. The van der Waals surface area contributed by atoms with E-state index >= 15 is 0 Å². The molecule has 2 aliphatic carbocycles. The average molecular weight is 503 g/mol. The van der Waals surface area contributed by atoms with Gasteiger partial charge in [-0.05, 0) is 124 Å². The summed E-state index contributed by atoms with van der Waals surface area (Å²) in [5, 5.41) is 0. The van der Waals surface area contributed by atoms with Crippen molar-refractivity contribution in [1.29, 1.82) is 0 Å². The van der Waals surface area contributed by atoms with Crippen LogP contribution in [-0.2, 0) is 9.53 Å². The Kier molecular flexibility index (Phi) is 8.58. The van der Waals surface area contributed by atoms with Crippen molar-refractivity contribution in [1.82, 2.24) is 9.80 Å². The number of carbonyl (C=O) groups excluding carboxylic acids is 1. The summed E-state index contributed by atoms with van der Waals surface area (Å²) in [6.07, 6.45) is 13.2. The van der Waals surface area contributed by atoms with Crippen molar-refractivity contribution in [3.63, 3.8) is 0 Å². The lowest BCUT2D eigenvalue weighted by Gasteiger charge is -2.63. The lowest BCUT2D eigenvalue weighted by Crippen LogP contribution is -2.57. The van der Waals surface area contributed by atoms with Crippen LogP contribution in [0.3, 0.4) is 0 Å². The second-order valence-corrected chi connectivity index (χ2v) is 14.8. The van der Waals surface area contributed by atoms with E-state index in [0.29, 0.717) is 34.7 Å². The second-order valence-electron chi connectivity index (χ2n) is 14.8. The molecule has 0 N–H and O–H groups in total. The molecule has 0 amide bonds. The molecule has 2 saturated carbocycles. The summed E-state index contributed by atoms with van der Waals surface area (Å²) >= 11 is 0. The molecule has 1 unspecified atom stereocenters. The van der Waals surface area contributed by atoms with E-state index in [9.17, 15) is 4.79 Å². The minimum Gasteiger partial charge on any atom is -0.466 e. The van der Waals surface area contributed by atoms with Crippen LogP contribution in [0.4, 0.5) is 0 Å².